The molecule has 0 unspecified atom stereocenters. The van der Waals surface area contributed by atoms with E-state index in [9.17, 15) is 0 Å². The monoisotopic (exact) mass is 560 g/mol. The van der Waals surface area contributed by atoms with E-state index in [0.717, 1.165) is 29.9 Å². The van der Waals surface area contributed by atoms with Crippen LogP contribution in [-0.2, 0) is 35.8 Å². The molecule has 0 aromatic heterocycles. The zero-order valence-electron chi connectivity index (χ0n) is 24.9. The summed E-state index contributed by atoms with van der Waals surface area (Å²) >= 11 is 0. The SMILES string of the molecule is CCCCCCC(C=Nc1ccc(CCCCC)cc1)=Nc1ccc(CCCCC)c(CCCCC)c1.[Ni]. The van der Waals surface area contributed by atoms with Crippen molar-refractivity contribution in [2.24, 2.45) is 9.98 Å². The van der Waals surface area contributed by atoms with Gasteiger partial charge in [0.2, 0.25) is 0 Å². The van der Waals surface area contributed by atoms with E-state index < -0.39 is 0 Å². The molecule has 0 heterocycles. The number of hydrogen-bond acceptors (Lipinski definition) is 2. The van der Waals surface area contributed by atoms with Crippen molar-refractivity contribution in [3.05, 3.63) is 59.2 Å². The first-order valence-corrected chi connectivity index (χ1v) is 15.5. The molecule has 0 aliphatic heterocycles. The van der Waals surface area contributed by atoms with Crippen LogP contribution in [0.2, 0.25) is 0 Å². The average molecular weight is 562 g/mol. The van der Waals surface area contributed by atoms with Gasteiger partial charge in [-0.05, 0) is 92.3 Å². The van der Waals surface area contributed by atoms with Gasteiger partial charge in [-0.15, -0.1) is 0 Å². The molecule has 0 atom stereocenters. The molecule has 0 bridgehead atoms. The number of aryl methyl sites for hydroxylation is 3. The van der Waals surface area contributed by atoms with Crippen LogP contribution in [-0.4, -0.2) is 11.9 Å². The molecule has 2 rings (SSSR count). The molecule has 0 spiro atoms. The maximum atomic E-state index is 5.13. The van der Waals surface area contributed by atoms with Crippen molar-refractivity contribution in [3.63, 3.8) is 0 Å². The molecule has 0 saturated carbocycles. The van der Waals surface area contributed by atoms with Crippen molar-refractivity contribution in [2.75, 3.05) is 0 Å². The molecule has 2 aromatic rings. The number of hydrogen-bond donors (Lipinski definition) is 0. The van der Waals surface area contributed by atoms with Crippen LogP contribution >= 0.6 is 0 Å². The van der Waals surface area contributed by atoms with Crippen LogP contribution in [0.3, 0.4) is 0 Å². The Morgan fingerprint density at radius 3 is 1.76 bits per heavy atom. The fourth-order valence-corrected chi connectivity index (χ4v) is 4.81. The maximum Gasteiger partial charge on any atom is 0.0636 e. The number of unbranched alkanes of at least 4 members (excludes halogenated alkanes) is 9. The minimum absolute atomic E-state index is 0. The molecular weight excluding hydrogens is 507 g/mol. The summed E-state index contributed by atoms with van der Waals surface area (Å²) in [7, 11) is 0. The van der Waals surface area contributed by atoms with Gasteiger partial charge in [0.1, 0.15) is 0 Å². The van der Waals surface area contributed by atoms with Crippen molar-refractivity contribution < 1.29 is 16.5 Å². The van der Waals surface area contributed by atoms with Gasteiger partial charge < -0.3 is 0 Å². The Morgan fingerprint density at radius 2 is 1.13 bits per heavy atom. The quantitative estimate of drug-likeness (QED) is 0.0873. The molecule has 0 aliphatic carbocycles. The topological polar surface area (TPSA) is 24.7 Å². The minimum atomic E-state index is 0. The average Bonchev–Trinajstić information content (AvgIpc) is 2.92. The summed E-state index contributed by atoms with van der Waals surface area (Å²) in [6, 6.07) is 15.7. The van der Waals surface area contributed by atoms with E-state index in [1.54, 1.807) is 0 Å². The second-order valence-electron chi connectivity index (χ2n) is 10.7. The van der Waals surface area contributed by atoms with Gasteiger partial charge in [0, 0.05) is 22.7 Å². The maximum absolute atomic E-state index is 5.13. The predicted molar refractivity (Wildman–Crippen MR) is 167 cm³/mol. The molecule has 3 heteroatoms. The number of rotatable bonds is 20. The van der Waals surface area contributed by atoms with Crippen molar-refractivity contribution in [1.29, 1.82) is 0 Å². The van der Waals surface area contributed by atoms with Crippen LogP contribution < -0.4 is 0 Å². The summed E-state index contributed by atoms with van der Waals surface area (Å²) in [6.07, 6.45) is 23.1. The zero-order valence-corrected chi connectivity index (χ0v) is 25.8. The second-order valence-corrected chi connectivity index (χ2v) is 10.7. The van der Waals surface area contributed by atoms with Crippen molar-refractivity contribution >= 4 is 23.3 Å². The predicted octanol–water partition coefficient (Wildman–Crippen LogP) is 11.3. The van der Waals surface area contributed by atoms with Gasteiger partial charge in [0.25, 0.3) is 0 Å². The third-order valence-electron chi connectivity index (χ3n) is 7.22. The van der Waals surface area contributed by atoms with Crippen molar-refractivity contribution in [2.45, 2.75) is 137 Å². The molecule has 0 fully saturated rings. The van der Waals surface area contributed by atoms with Gasteiger partial charge in [-0.3, -0.25) is 9.98 Å². The molecule has 0 radical (unpaired) electrons. The minimum Gasteiger partial charge on any atom is -0.255 e. The van der Waals surface area contributed by atoms with Gasteiger partial charge >= 0.3 is 0 Å². The molecule has 0 N–H and O–H groups in total. The summed E-state index contributed by atoms with van der Waals surface area (Å²) in [4.78, 5) is 9.97. The van der Waals surface area contributed by atoms with Crippen LogP contribution in [0.5, 0.6) is 0 Å². The molecule has 214 valence electrons. The number of nitrogens with zero attached hydrogens (tertiary/aromatic N) is 2. The summed E-state index contributed by atoms with van der Waals surface area (Å²) < 4.78 is 0. The molecular formula is C35H54N2Ni. The Balaban J connectivity index is 0.00000722. The fourth-order valence-electron chi connectivity index (χ4n) is 4.81. The Morgan fingerprint density at radius 1 is 0.579 bits per heavy atom. The molecule has 0 amide bonds. The van der Waals surface area contributed by atoms with Gasteiger partial charge in [0.05, 0.1) is 17.1 Å². The molecule has 2 aromatic carbocycles. The van der Waals surface area contributed by atoms with Crippen LogP contribution in [0, 0.1) is 0 Å². The third-order valence-corrected chi connectivity index (χ3v) is 7.22. The number of benzene rings is 2. The standard InChI is InChI=1S/C35H54N2.Ni/c1-5-9-13-17-21-35(29-36-33-25-22-30(23-26-33)18-14-10-6-2)37-34-27-24-31(19-15-11-7-3)32(28-34)20-16-12-8-4;/h22-29H,5-21H2,1-4H3;. The molecule has 2 nitrogen and oxygen atoms in total. The first-order valence-electron chi connectivity index (χ1n) is 15.5. The van der Waals surface area contributed by atoms with Gasteiger partial charge in [-0.25, -0.2) is 0 Å². The molecule has 38 heavy (non-hydrogen) atoms. The van der Waals surface area contributed by atoms with E-state index >= 15 is 0 Å². The van der Waals surface area contributed by atoms with Crippen LogP contribution in [0.25, 0.3) is 0 Å². The van der Waals surface area contributed by atoms with Crippen molar-refractivity contribution in [3.8, 4) is 0 Å². The van der Waals surface area contributed by atoms with E-state index in [1.165, 1.54) is 113 Å². The van der Waals surface area contributed by atoms with Crippen molar-refractivity contribution in [1.82, 2.24) is 0 Å². The Bertz CT molecular complexity index is 914. The largest absolute Gasteiger partial charge is 0.255 e. The normalized spacial score (nSPS) is 11.7. The Labute approximate surface area is 245 Å². The summed E-state index contributed by atoms with van der Waals surface area (Å²) in [5.74, 6) is 0. The first-order chi connectivity index (χ1) is 18.2. The Kier molecular flexibility index (Phi) is 20.0. The van der Waals surface area contributed by atoms with E-state index in [2.05, 4.69) is 70.2 Å². The molecule has 0 aliphatic rings. The fraction of sp³-hybridized carbons (Fsp3) is 0.600. The van der Waals surface area contributed by atoms with E-state index in [1.807, 2.05) is 6.21 Å². The summed E-state index contributed by atoms with van der Waals surface area (Å²) in [5.41, 5.74) is 7.66. The third kappa shape index (κ3) is 14.4. The van der Waals surface area contributed by atoms with E-state index in [-0.39, 0.29) is 16.5 Å². The van der Waals surface area contributed by atoms with Crippen LogP contribution in [0.15, 0.2) is 52.4 Å². The van der Waals surface area contributed by atoms with Gasteiger partial charge in [-0.2, -0.15) is 0 Å². The smallest absolute Gasteiger partial charge is 0.0636 e. The van der Waals surface area contributed by atoms with E-state index in [0.29, 0.717) is 0 Å². The van der Waals surface area contributed by atoms with Crippen LogP contribution in [0.4, 0.5) is 11.4 Å². The number of aliphatic imine (C=N–C) groups is 2. The summed E-state index contributed by atoms with van der Waals surface area (Å²) in [6.45, 7) is 9.09. The molecule has 0 saturated heterocycles. The Hall–Kier alpha value is -1.73. The van der Waals surface area contributed by atoms with Gasteiger partial charge in [-0.1, -0.05) is 104 Å². The van der Waals surface area contributed by atoms with Crippen LogP contribution in [0.1, 0.15) is 134 Å². The van der Waals surface area contributed by atoms with E-state index in [4.69, 9.17) is 9.98 Å². The first kappa shape index (κ1) is 34.3. The summed E-state index contributed by atoms with van der Waals surface area (Å²) in [5, 5.41) is 0. The van der Waals surface area contributed by atoms with Gasteiger partial charge in [0.15, 0.2) is 0 Å². The zero-order chi connectivity index (χ0) is 26.6. The second kappa shape index (κ2) is 22.1.